The van der Waals surface area contributed by atoms with E-state index < -0.39 is 0 Å². The molecule has 0 fully saturated rings. The van der Waals surface area contributed by atoms with Gasteiger partial charge in [-0.2, -0.15) is 0 Å². The summed E-state index contributed by atoms with van der Waals surface area (Å²) < 4.78 is 4.85. The summed E-state index contributed by atoms with van der Waals surface area (Å²) in [5, 5.41) is 11.3. The highest BCUT2D eigenvalue weighted by Gasteiger charge is 2.10. The molecule has 0 radical (unpaired) electrons. The Balaban J connectivity index is 2.75. The molecule has 1 heterocycles. The number of pyridine rings is 1. The number of aliphatic hydroxyl groups excluding tert-OH is 1. The Labute approximate surface area is 106 Å². The van der Waals surface area contributed by atoms with Crippen molar-refractivity contribution in [3.8, 4) is 11.8 Å². The molecule has 96 valence electrons. The fourth-order valence-electron chi connectivity index (χ4n) is 1.25. The van der Waals surface area contributed by atoms with Gasteiger partial charge in [0, 0.05) is 26.3 Å². The van der Waals surface area contributed by atoms with Gasteiger partial charge in [-0.3, -0.25) is 4.79 Å². The molecule has 1 rings (SSSR count). The highest BCUT2D eigenvalue weighted by molar-refractivity contribution is 5.94. The second kappa shape index (κ2) is 8.23. The average molecular weight is 248 g/mol. The molecule has 0 saturated carbocycles. The van der Waals surface area contributed by atoms with E-state index in [9.17, 15) is 4.79 Å². The van der Waals surface area contributed by atoms with Crippen molar-refractivity contribution in [3.63, 3.8) is 0 Å². The molecule has 5 nitrogen and oxygen atoms in total. The number of methoxy groups -OCH3 is 1. The monoisotopic (exact) mass is 248 g/mol. The van der Waals surface area contributed by atoms with E-state index in [1.807, 2.05) is 0 Å². The Morgan fingerprint density at radius 2 is 2.44 bits per heavy atom. The molecule has 1 aromatic heterocycles. The summed E-state index contributed by atoms with van der Waals surface area (Å²) in [6.45, 7) is 0.877. The quantitative estimate of drug-likeness (QED) is 0.576. The number of rotatable bonds is 5. The van der Waals surface area contributed by atoms with Crippen molar-refractivity contribution in [2.75, 3.05) is 26.9 Å². The second-order valence-corrected chi connectivity index (χ2v) is 3.42. The number of aromatic nitrogens is 1. The first-order valence-electron chi connectivity index (χ1n) is 5.61. The molecule has 5 heteroatoms. The molecule has 0 aliphatic carbocycles. The van der Waals surface area contributed by atoms with Crippen LogP contribution in [0.4, 0.5) is 0 Å². The molecule has 0 aliphatic rings. The van der Waals surface area contributed by atoms with Crippen LogP contribution in [-0.2, 0) is 4.74 Å². The number of aliphatic hydroxyl groups is 1. The minimum absolute atomic E-state index is 0.00261. The standard InChI is InChI=1S/C13H16N2O3/c1-18-10-8-15-13(17)12-11(5-2-3-9-16)6-4-7-14-12/h4,6-7,16H,3,8-10H2,1H3,(H,15,17). The van der Waals surface area contributed by atoms with Gasteiger partial charge in [-0.15, -0.1) is 0 Å². The van der Waals surface area contributed by atoms with Gasteiger partial charge in [-0.1, -0.05) is 11.8 Å². The zero-order chi connectivity index (χ0) is 13.2. The zero-order valence-corrected chi connectivity index (χ0v) is 10.3. The minimum atomic E-state index is -0.277. The number of nitrogens with one attached hydrogen (secondary N) is 1. The molecule has 18 heavy (non-hydrogen) atoms. The lowest BCUT2D eigenvalue weighted by molar-refractivity contribution is 0.0932. The van der Waals surface area contributed by atoms with Gasteiger partial charge in [-0.25, -0.2) is 4.98 Å². The summed E-state index contributed by atoms with van der Waals surface area (Å²) in [7, 11) is 1.57. The third-order valence-electron chi connectivity index (χ3n) is 2.07. The van der Waals surface area contributed by atoms with Crippen LogP contribution in [0.15, 0.2) is 18.3 Å². The first-order chi connectivity index (χ1) is 8.79. The SMILES string of the molecule is COCCNC(=O)c1ncccc1C#CCCO. The van der Waals surface area contributed by atoms with Crippen LogP contribution in [0.25, 0.3) is 0 Å². The Morgan fingerprint density at radius 1 is 1.61 bits per heavy atom. The van der Waals surface area contributed by atoms with Crippen molar-refractivity contribution < 1.29 is 14.6 Å². The Bertz CT molecular complexity index is 449. The van der Waals surface area contributed by atoms with Gasteiger partial charge in [-0.05, 0) is 12.1 Å². The summed E-state index contributed by atoms with van der Waals surface area (Å²) in [6.07, 6.45) is 1.92. The summed E-state index contributed by atoms with van der Waals surface area (Å²) in [5.74, 6) is 5.31. The van der Waals surface area contributed by atoms with Crippen LogP contribution < -0.4 is 5.32 Å². The van der Waals surface area contributed by atoms with Gasteiger partial charge >= 0.3 is 0 Å². The van der Waals surface area contributed by atoms with Crippen molar-refractivity contribution in [3.05, 3.63) is 29.6 Å². The van der Waals surface area contributed by atoms with Gasteiger partial charge in [0.25, 0.3) is 5.91 Å². The van der Waals surface area contributed by atoms with Crippen LogP contribution in [0.5, 0.6) is 0 Å². The maximum absolute atomic E-state index is 11.8. The Hall–Kier alpha value is -1.90. The van der Waals surface area contributed by atoms with E-state index in [0.717, 1.165) is 0 Å². The molecule has 1 amide bonds. The van der Waals surface area contributed by atoms with Gasteiger partial charge in [0.05, 0.1) is 18.8 Å². The van der Waals surface area contributed by atoms with Crippen LogP contribution in [0.2, 0.25) is 0 Å². The Kier molecular flexibility index (Phi) is 6.47. The topological polar surface area (TPSA) is 71.5 Å². The predicted molar refractivity (Wildman–Crippen MR) is 67.0 cm³/mol. The molecule has 0 bridgehead atoms. The lowest BCUT2D eigenvalue weighted by atomic mass is 10.2. The van der Waals surface area contributed by atoms with E-state index in [0.29, 0.717) is 30.8 Å². The average Bonchev–Trinajstić information content (AvgIpc) is 2.40. The molecular weight excluding hydrogens is 232 g/mol. The Morgan fingerprint density at radius 3 is 3.17 bits per heavy atom. The molecule has 2 N–H and O–H groups in total. The largest absolute Gasteiger partial charge is 0.395 e. The van der Waals surface area contributed by atoms with Crippen molar-refractivity contribution in [1.82, 2.24) is 10.3 Å². The third-order valence-corrected chi connectivity index (χ3v) is 2.07. The molecule has 1 aromatic rings. The fraction of sp³-hybridized carbons (Fsp3) is 0.385. The van der Waals surface area contributed by atoms with Crippen LogP contribution in [0, 0.1) is 11.8 Å². The number of ether oxygens (including phenoxy) is 1. The smallest absolute Gasteiger partial charge is 0.271 e. The highest BCUT2D eigenvalue weighted by Crippen LogP contribution is 2.03. The van der Waals surface area contributed by atoms with Crippen molar-refractivity contribution in [2.45, 2.75) is 6.42 Å². The molecule has 0 spiro atoms. The van der Waals surface area contributed by atoms with E-state index in [2.05, 4.69) is 22.1 Å². The minimum Gasteiger partial charge on any atom is -0.395 e. The molecule has 0 atom stereocenters. The maximum atomic E-state index is 11.8. The highest BCUT2D eigenvalue weighted by atomic mass is 16.5. The van der Waals surface area contributed by atoms with Crippen LogP contribution in [0.3, 0.4) is 0 Å². The number of hydrogen-bond donors (Lipinski definition) is 2. The fourth-order valence-corrected chi connectivity index (χ4v) is 1.25. The third kappa shape index (κ3) is 4.53. The first-order valence-corrected chi connectivity index (χ1v) is 5.61. The summed E-state index contributed by atoms with van der Waals surface area (Å²) in [4.78, 5) is 15.8. The van der Waals surface area contributed by atoms with Gasteiger partial charge in [0.15, 0.2) is 0 Å². The van der Waals surface area contributed by atoms with Crippen LogP contribution >= 0.6 is 0 Å². The number of carbonyl (C=O) groups excluding carboxylic acids is 1. The normalized spacial score (nSPS) is 9.44. The summed E-state index contributed by atoms with van der Waals surface area (Å²) >= 11 is 0. The van der Waals surface area contributed by atoms with E-state index in [1.165, 1.54) is 0 Å². The maximum Gasteiger partial charge on any atom is 0.271 e. The number of amides is 1. The molecule has 0 unspecified atom stereocenters. The van der Waals surface area contributed by atoms with Crippen molar-refractivity contribution in [2.24, 2.45) is 0 Å². The molecule has 0 aliphatic heterocycles. The van der Waals surface area contributed by atoms with Crippen LogP contribution in [-0.4, -0.2) is 42.9 Å². The van der Waals surface area contributed by atoms with Gasteiger partial charge in [0.1, 0.15) is 5.69 Å². The lowest BCUT2D eigenvalue weighted by Gasteiger charge is -2.05. The van der Waals surface area contributed by atoms with Crippen molar-refractivity contribution >= 4 is 5.91 Å². The van der Waals surface area contributed by atoms with E-state index in [4.69, 9.17) is 9.84 Å². The number of carbonyl (C=O) groups is 1. The molecule has 0 aromatic carbocycles. The second-order valence-electron chi connectivity index (χ2n) is 3.42. The van der Waals surface area contributed by atoms with E-state index in [1.54, 1.807) is 25.4 Å². The van der Waals surface area contributed by atoms with E-state index >= 15 is 0 Å². The van der Waals surface area contributed by atoms with Crippen molar-refractivity contribution in [1.29, 1.82) is 0 Å². The van der Waals surface area contributed by atoms with Gasteiger partial charge < -0.3 is 15.2 Å². The summed E-state index contributed by atoms with van der Waals surface area (Å²) in [5.41, 5.74) is 0.847. The predicted octanol–water partition coefficient (Wildman–Crippen LogP) is 0.192. The zero-order valence-electron chi connectivity index (χ0n) is 10.3. The summed E-state index contributed by atoms with van der Waals surface area (Å²) in [6, 6.07) is 3.44. The molecular formula is C13H16N2O3. The number of hydrogen-bond acceptors (Lipinski definition) is 4. The van der Waals surface area contributed by atoms with Gasteiger partial charge in [0.2, 0.25) is 0 Å². The van der Waals surface area contributed by atoms with E-state index in [-0.39, 0.29) is 12.5 Å². The lowest BCUT2D eigenvalue weighted by Crippen LogP contribution is -2.28. The number of nitrogens with zero attached hydrogens (tertiary/aromatic N) is 1. The van der Waals surface area contributed by atoms with Crippen LogP contribution in [0.1, 0.15) is 22.5 Å². The first kappa shape index (κ1) is 14.2. The molecule has 0 saturated heterocycles.